The number of nitrogens with zero attached hydrogens (tertiary/aromatic N) is 6. The normalized spacial score (nSPS) is 20.4. The average Bonchev–Trinajstić information content (AvgIpc) is 3.40. The third kappa shape index (κ3) is 3.77. The van der Waals surface area contributed by atoms with Crippen LogP contribution in [0, 0.1) is 0 Å². The zero-order valence-corrected chi connectivity index (χ0v) is 15.1. The fourth-order valence-corrected chi connectivity index (χ4v) is 4.23. The molecule has 1 aromatic carbocycles. The largest absolute Gasteiger partial charge is 0.338 e. The Kier molecular flexibility index (Phi) is 5.24. The maximum absolute atomic E-state index is 13.2. The molecule has 1 aliphatic heterocycles. The highest BCUT2D eigenvalue weighted by atomic mass is 16.2. The summed E-state index contributed by atoms with van der Waals surface area (Å²) in [7, 11) is 0. The van der Waals surface area contributed by atoms with E-state index in [1.165, 1.54) is 25.7 Å². The summed E-state index contributed by atoms with van der Waals surface area (Å²) in [5.41, 5.74) is 1.12. The molecule has 4 rings (SSSR count). The zero-order chi connectivity index (χ0) is 17.8. The number of piperazine rings is 1. The van der Waals surface area contributed by atoms with Crippen LogP contribution in [0.25, 0.3) is 0 Å². The molecule has 2 aliphatic rings. The van der Waals surface area contributed by atoms with Crippen LogP contribution in [0.5, 0.6) is 0 Å². The average molecular weight is 354 g/mol. The number of benzene rings is 1. The number of tetrazole rings is 1. The highest BCUT2D eigenvalue weighted by Crippen LogP contribution is 2.25. The van der Waals surface area contributed by atoms with Crippen LogP contribution >= 0.6 is 0 Å². The Morgan fingerprint density at radius 3 is 2.46 bits per heavy atom. The van der Waals surface area contributed by atoms with Gasteiger partial charge in [0.05, 0.1) is 0 Å². The molecular formula is C19H26N6O. The van der Waals surface area contributed by atoms with Crippen LogP contribution < -0.4 is 0 Å². The molecule has 1 atom stereocenters. The van der Waals surface area contributed by atoms with E-state index < -0.39 is 0 Å². The molecule has 0 spiro atoms. The lowest BCUT2D eigenvalue weighted by atomic mass is 10.0. The summed E-state index contributed by atoms with van der Waals surface area (Å²) in [5.74, 6) is 0.118. The van der Waals surface area contributed by atoms with Gasteiger partial charge in [0.25, 0.3) is 0 Å². The lowest BCUT2D eigenvalue weighted by Gasteiger charge is -2.39. The van der Waals surface area contributed by atoms with E-state index in [0.29, 0.717) is 6.42 Å². The molecule has 2 fully saturated rings. The van der Waals surface area contributed by atoms with Crippen LogP contribution in [0.15, 0.2) is 36.7 Å². The van der Waals surface area contributed by atoms with Crippen molar-refractivity contribution in [3.8, 4) is 0 Å². The van der Waals surface area contributed by atoms with Gasteiger partial charge in [-0.1, -0.05) is 43.2 Å². The first-order valence-corrected chi connectivity index (χ1v) is 9.60. The third-order valence-electron chi connectivity index (χ3n) is 5.71. The van der Waals surface area contributed by atoms with E-state index in [4.69, 9.17) is 0 Å². The summed E-state index contributed by atoms with van der Waals surface area (Å²) < 4.78 is 1.60. The van der Waals surface area contributed by atoms with Gasteiger partial charge in [0.1, 0.15) is 12.4 Å². The standard InChI is InChI=1S/C19H26N6O/c26-19(24-12-10-23(11-13-24)17-8-4-5-9-17)18(25-15-20-21-22-25)14-16-6-2-1-3-7-16/h1-3,6-7,15,17-18H,4-5,8-14H2. The minimum atomic E-state index is -0.384. The first-order chi connectivity index (χ1) is 12.8. The molecular weight excluding hydrogens is 328 g/mol. The number of hydrogen-bond acceptors (Lipinski definition) is 5. The SMILES string of the molecule is O=C(C(Cc1ccccc1)n1cnnn1)N1CCN(C2CCCC2)CC1. The fourth-order valence-electron chi connectivity index (χ4n) is 4.23. The summed E-state index contributed by atoms with van der Waals surface area (Å²) in [4.78, 5) is 17.8. The first kappa shape index (κ1) is 17.1. The van der Waals surface area contributed by atoms with Crippen LogP contribution in [0.4, 0.5) is 0 Å². The highest BCUT2D eigenvalue weighted by Gasteiger charge is 2.32. The lowest BCUT2D eigenvalue weighted by Crippen LogP contribution is -2.53. The van der Waals surface area contributed by atoms with Gasteiger partial charge < -0.3 is 4.90 Å². The number of aromatic nitrogens is 4. The third-order valence-corrected chi connectivity index (χ3v) is 5.71. The van der Waals surface area contributed by atoms with Crippen molar-refractivity contribution >= 4 is 5.91 Å². The van der Waals surface area contributed by atoms with Gasteiger partial charge in [-0.2, -0.15) is 0 Å². The second-order valence-electron chi connectivity index (χ2n) is 7.29. The molecule has 138 valence electrons. The molecule has 1 aliphatic carbocycles. The molecule has 1 amide bonds. The summed E-state index contributed by atoms with van der Waals surface area (Å²) in [6.45, 7) is 3.54. The van der Waals surface area contributed by atoms with Gasteiger partial charge in [-0.05, 0) is 28.8 Å². The van der Waals surface area contributed by atoms with Crippen molar-refractivity contribution in [2.45, 2.75) is 44.2 Å². The monoisotopic (exact) mass is 354 g/mol. The molecule has 1 saturated carbocycles. The van der Waals surface area contributed by atoms with E-state index in [2.05, 4.69) is 20.4 Å². The van der Waals surface area contributed by atoms with Crippen molar-refractivity contribution in [3.05, 3.63) is 42.2 Å². The maximum atomic E-state index is 13.2. The van der Waals surface area contributed by atoms with Gasteiger partial charge in [0, 0.05) is 38.6 Å². The molecule has 26 heavy (non-hydrogen) atoms. The van der Waals surface area contributed by atoms with Crippen molar-refractivity contribution < 1.29 is 4.79 Å². The highest BCUT2D eigenvalue weighted by molar-refractivity contribution is 5.80. The first-order valence-electron chi connectivity index (χ1n) is 9.60. The minimum absolute atomic E-state index is 0.118. The summed E-state index contributed by atoms with van der Waals surface area (Å²) >= 11 is 0. The fraction of sp³-hybridized carbons (Fsp3) is 0.579. The van der Waals surface area contributed by atoms with Gasteiger partial charge in [-0.25, -0.2) is 4.68 Å². The molecule has 2 aromatic rings. The minimum Gasteiger partial charge on any atom is -0.338 e. The predicted molar refractivity (Wildman–Crippen MR) is 97.4 cm³/mol. The van der Waals surface area contributed by atoms with Crippen molar-refractivity contribution in [3.63, 3.8) is 0 Å². The Hall–Kier alpha value is -2.28. The number of carbonyl (C=O) groups is 1. The summed E-state index contributed by atoms with van der Waals surface area (Å²) in [6, 6.07) is 10.4. The molecule has 0 N–H and O–H groups in total. The topological polar surface area (TPSA) is 67.2 Å². The van der Waals surface area contributed by atoms with E-state index >= 15 is 0 Å². The smallest absolute Gasteiger partial charge is 0.248 e. The Morgan fingerprint density at radius 2 is 1.81 bits per heavy atom. The van der Waals surface area contributed by atoms with Crippen molar-refractivity contribution in [2.24, 2.45) is 0 Å². The summed E-state index contributed by atoms with van der Waals surface area (Å²) in [5, 5.41) is 11.5. The van der Waals surface area contributed by atoms with E-state index in [1.807, 2.05) is 35.2 Å². The Bertz CT molecular complexity index is 690. The van der Waals surface area contributed by atoms with Gasteiger partial charge in [0.15, 0.2) is 0 Å². The molecule has 1 unspecified atom stereocenters. The van der Waals surface area contributed by atoms with Gasteiger partial charge in [-0.3, -0.25) is 9.69 Å². The van der Waals surface area contributed by atoms with Crippen LogP contribution in [-0.4, -0.2) is 68.1 Å². The molecule has 1 aromatic heterocycles. The molecule has 0 radical (unpaired) electrons. The number of carbonyl (C=O) groups excluding carboxylic acids is 1. The van der Waals surface area contributed by atoms with Gasteiger partial charge in [-0.15, -0.1) is 5.10 Å². The lowest BCUT2D eigenvalue weighted by molar-refractivity contribution is -0.137. The van der Waals surface area contributed by atoms with Gasteiger partial charge in [0.2, 0.25) is 5.91 Å². The quantitative estimate of drug-likeness (QED) is 0.815. The van der Waals surface area contributed by atoms with Crippen LogP contribution in [0.2, 0.25) is 0 Å². The van der Waals surface area contributed by atoms with Gasteiger partial charge >= 0.3 is 0 Å². The van der Waals surface area contributed by atoms with Crippen molar-refractivity contribution in [1.29, 1.82) is 0 Å². The Labute approximate surface area is 154 Å². The second-order valence-corrected chi connectivity index (χ2v) is 7.29. The number of amides is 1. The zero-order valence-electron chi connectivity index (χ0n) is 15.1. The molecule has 7 nitrogen and oxygen atoms in total. The Balaban J connectivity index is 1.43. The molecule has 2 heterocycles. The maximum Gasteiger partial charge on any atom is 0.248 e. The van der Waals surface area contributed by atoms with E-state index in [-0.39, 0.29) is 11.9 Å². The van der Waals surface area contributed by atoms with Crippen LogP contribution in [-0.2, 0) is 11.2 Å². The van der Waals surface area contributed by atoms with E-state index in [0.717, 1.165) is 37.8 Å². The number of rotatable bonds is 5. The molecule has 0 bridgehead atoms. The van der Waals surface area contributed by atoms with E-state index in [1.54, 1.807) is 11.0 Å². The molecule has 1 saturated heterocycles. The van der Waals surface area contributed by atoms with Crippen LogP contribution in [0.1, 0.15) is 37.3 Å². The van der Waals surface area contributed by atoms with Crippen LogP contribution in [0.3, 0.4) is 0 Å². The Morgan fingerprint density at radius 1 is 1.08 bits per heavy atom. The molecule has 7 heteroatoms. The van der Waals surface area contributed by atoms with Crippen molar-refractivity contribution in [1.82, 2.24) is 30.0 Å². The second kappa shape index (κ2) is 7.95. The predicted octanol–water partition coefficient (Wildman–Crippen LogP) is 1.54. The summed E-state index contributed by atoms with van der Waals surface area (Å²) in [6.07, 6.45) is 7.47. The van der Waals surface area contributed by atoms with Crippen molar-refractivity contribution in [2.75, 3.05) is 26.2 Å². The van der Waals surface area contributed by atoms with E-state index in [9.17, 15) is 4.79 Å². The number of hydrogen-bond donors (Lipinski definition) is 0.